The van der Waals surface area contributed by atoms with Crippen LogP contribution in [0.2, 0.25) is 0 Å². The Kier molecular flexibility index (Phi) is 5.50. The van der Waals surface area contributed by atoms with Crippen molar-refractivity contribution in [2.75, 3.05) is 16.9 Å². The number of anilines is 3. The second kappa shape index (κ2) is 7.93. The fraction of sp³-hybridized carbons (Fsp3) is 0.316. The number of H-pyrrole nitrogens is 1. The highest BCUT2D eigenvalue weighted by Crippen LogP contribution is 2.37. The lowest BCUT2D eigenvalue weighted by molar-refractivity contribution is -0.137. The molecule has 0 aliphatic heterocycles. The molecule has 4 rings (SSSR count). The van der Waals surface area contributed by atoms with Crippen LogP contribution >= 0.6 is 0 Å². The monoisotopic (exact) mass is 489 g/mol. The Morgan fingerprint density at radius 1 is 1.15 bits per heavy atom. The molecule has 1 amide bonds. The second-order valence-electron chi connectivity index (χ2n) is 7.54. The lowest BCUT2D eigenvalue weighted by Gasteiger charge is -2.15. The van der Waals surface area contributed by atoms with Gasteiger partial charge in [0.2, 0.25) is 5.91 Å². The van der Waals surface area contributed by atoms with Gasteiger partial charge in [0.25, 0.3) is 6.43 Å². The van der Waals surface area contributed by atoms with Crippen LogP contribution in [0.25, 0.3) is 11.2 Å². The number of aromatic nitrogens is 3. The first kappa shape index (κ1) is 22.9. The summed E-state index contributed by atoms with van der Waals surface area (Å²) in [6.07, 6.45) is -5.63. The van der Waals surface area contributed by atoms with Crippen molar-refractivity contribution in [2.45, 2.75) is 30.3 Å². The van der Waals surface area contributed by atoms with Crippen LogP contribution in [0.3, 0.4) is 0 Å². The summed E-state index contributed by atoms with van der Waals surface area (Å²) in [4.78, 5) is 21.6. The first-order valence-corrected chi connectivity index (χ1v) is 11.4. The molecular formula is C19H16F5N5O3S. The zero-order chi connectivity index (χ0) is 24.1. The fourth-order valence-electron chi connectivity index (χ4n) is 3.10. The fourth-order valence-corrected chi connectivity index (χ4v) is 3.96. The highest BCUT2D eigenvalue weighted by atomic mass is 32.2. The maximum atomic E-state index is 13.2. The van der Waals surface area contributed by atoms with Crippen LogP contribution < -0.4 is 10.6 Å². The zero-order valence-corrected chi connectivity index (χ0v) is 17.6. The maximum absolute atomic E-state index is 13.2. The number of alkyl halides is 5. The van der Waals surface area contributed by atoms with Crippen LogP contribution in [0.5, 0.6) is 0 Å². The third-order valence-corrected chi connectivity index (χ3v) is 5.99. The van der Waals surface area contributed by atoms with Crippen molar-refractivity contribution in [3.63, 3.8) is 0 Å². The Morgan fingerprint density at radius 2 is 1.85 bits per heavy atom. The van der Waals surface area contributed by atoms with Crippen LogP contribution in [0.4, 0.5) is 39.1 Å². The molecule has 1 aliphatic rings. The normalized spacial score (nSPS) is 14.6. The molecule has 8 nitrogen and oxygen atoms in total. The molecule has 2 heterocycles. The molecule has 1 aromatic carbocycles. The van der Waals surface area contributed by atoms with Gasteiger partial charge in [0.15, 0.2) is 21.3 Å². The van der Waals surface area contributed by atoms with Gasteiger partial charge in [-0.15, -0.1) is 0 Å². The van der Waals surface area contributed by atoms with Crippen LogP contribution in [-0.4, -0.2) is 35.5 Å². The van der Waals surface area contributed by atoms with Gasteiger partial charge in [-0.3, -0.25) is 4.79 Å². The van der Waals surface area contributed by atoms with Gasteiger partial charge >= 0.3 is 6.18 Å². The number of benzene rings is 1. The summed E-state index contributed by atoms with van der Waals surface area (Å²) in [5.74, 6) is -1.27. The molecule has 0 radical (unpaired) electrons. The summed E-state index contributed by atoms with van der Waals surface area (Å²) in [7, 11) is -4.13. The van der Waals surface area contributed by atoms with Crippen LogP contribution in [-0.2, 0) is 20.8 Å². The molecule has 0 bridgehead atoms. The van der Waals surface area contributed by atoms with Crippen molar-refractivity contribution >= 4 is 44.1 Å². The quantitative estimate of drug-likeness (QED) is 0.442. The Balaban J connectivity index is 1.82. The number of carbonyl (C=O) groups excluding carboxylic acids is 1. The lowest BCUT2D eigenvalue weighted by atomic mass is 10.2. The number of nitrogens with one attached hydrogen (secondary N) is 3. The number of sulfone groups is 1. The number of fused-ring (bicyclic) bond motifs is 1. The molecule has 0 unspecified atom stereocenters. The molecule has 33 heavy (non-hydrogen) atoms. The molecule has 0 spiro atoms. The molecule has 2 aromatic heterocycles. The van der Waals surface area contributed by atoms with Crippen molar-refractivity contribution in [1.82, 2.24) is 15.0 Å². The number of nitrogens with zero attached hydrogens (tertiary/aromatic N) is 2. The van der Waals surface area contributed by atoms with Crippen molar-refractivity contribution in [1.29, 1.82) is 0 Å². The molecule has 1 fully saturated rings. The Labute approximate surface area is 183 Å². The van der Waals surface area contributed by atoms with Gasteiger partial charge in [-0.25, -0.2) is 27.2 Å². The standard InChI is InChI=1S/C19H16F5N5O3S/c1-33(31,32)12-6-9(19(22,23)24)4-5-10(12)25-11-7-13(27-18(30)8-2-3-8)26-16-14(11)28-17(29-16)15(20)21/h4-8,15H,2-3H2,1H3,(H3,25,26,27,28,29,30). The second-order valence-corrected chi connectivity index (χ2v) is 9.53. The average Bonchev–Trinajstić information content (AvgIpc) is 3.45. The van der Waals surface area contributed by atoms with E-state index < -0.39 is 38.7 Å². The van der Waals surface area contributed by atoms with E-state index in [4.69, 9.17) is 0 Å². The van der Waals surface area contributed by atoms with E-state index in [1.807, 2.05) is 0 Å². The zero-order valence-electron chi connectivity index (χ0n) is 16.8. The molecule has 176 valence electrons. The first-order chi connectivity index (χ1) is 15.3. The predicted molar refractivity (Wildman–Crippen MR) is 108 cm³/mol. The van der Waals surface area contributed by atoms with Crippen LogP contribution in [0.1, 0.15) is 30.7 Å². The summed E-state index contributed by atoms with van der Waals surface area (Å²) in [5, 5.41) is 5.19. The molecule has 14 heteroatoms. The van der Waals surface area contributed by atoms with E-state index >= 15 is 0 Å². The smallest absolute Gasteiger partial charge is 0.352 e. The third kappa shape index (κ3) is 4.89. The van der Waals surface area contributed by atoms with E-state index in [1.54, 1.807) is 0 Å². The summed E-state index contributed by atoms with van der Waals surface area (Å²) < 4.78 is 90.0. The Hall–Kier alpha value is -3.29. The van der Waals surface area contributed by atoms with Gasteiger partial charge in [0, 0.05) is 18.2 Å². The van der Waals surface area contributed by atoms with E-state index in [0.29, 0.717) is 25.0 Å². The van der Waals surface area contributed by atoms with Crippen molar-refractivity contribution in [3.8, 4) is 0 Å². The number of aromatic amines is 1. The molecule has 3 aromatic rings. The first-order valence-electron chi connectivity index (χ1n) is 9.51. The molecule has 1 aliphatic carbocycles. The van der Waals surface area contributed by atoms with Gasteiger partial charge in [-0.05, 0) is 31.0 Å². The van der Waals surface area contributed by atoms with E-state index in [2.05, 4.69) is 25.6 Å². The van der Waals surface area contributed by atoms with Gasteiger partial charge in [0.1, 0.15) is 11.3 Å². The van der Waals surface area contributed by atoms with E-state index in [9.17, 15) is 35.2 Å². The number of amides is 1. The van der Waals surface area contributed by atoms with Gasteiger partial charge < -0.3 is 15.6 Å². The number of pyridine rings is 1. The number of halogens is 5. The van der Waals surface area contributed by atoms with Gasteiger partial charge in [0.05, 0.1) is 21.8 Å². The van der Waals surface area contributed by atoms with Crippen molar-refractivity contribution < 1.29 is 35.2 Å². The van der Waals surface area contributed by atoms with Crippen LogP contribution in [0.15, 0.2) is 29.2 Å². The predicted octanol–water partition coefficient (Wildman–Crippen LogP) is 4.41. The van der Waals surface area contributed by atoms with Crippen molar-refractivity contribution in [3.05, 3.63) is 35.7 Å². The largest absolute Gasteiger partial charge is 0.416 e. The topological polar surface area (TPSA) is 117 Å². The lowest BCUT2D eigenvalue weighted by Crippen LogP contribution is -2.14. The summed E-state index contributed by atoms with van der Waals surface area (Å²) in [6.45, 7) is 0. The Morgan fingerprint density at radius 3 is 2.42 bits per heavy atom. The molecule has 1 saturated carbocycles. The van der Waals surface area contributed by atoms with Gasteiger partial charge in [-0.2, -0.15) is 13.2 Å². The summed E-state index contributed by atoms with van der Waals surface area (Å²) in [5.41, 5.74) is -1.70. The molecule has 0 atom stereocenters. The number of hydrogen-bond donors (Lipinski definition) is 3. The van der Waals surface area contributed by atoms with E-state index in [0.717, 1.165) is 12.3 Å². The average molecular weight is 489 g/mol. The minimum Gasteiger partial charge on any atom is -0.352 e. The number of imidazole rings is 1. The minimum atomic E-state index is -4.78. The van der Waals surface area contributed by atoms with Gasteiger partial charge in [-0.1, -0.05) is 0 Å². The number of carbonyl (C=O) groups is 1. The Bertz CT molecular complexity index is 1350. The van der Waals surface area contributed by atoms with E-state index in [-0.39, 0.29) is 40.2 Å². The highest BCUT2D eigenvalue weighted by molar-refractivity contribution is 7.90. The SMILES string of the molecule is CS(=O)(=O)c1cc(C(F)(F)F)ccc1Nc1cc(NC(=O)C2CC2)nc2[nH]c(C(F)F)nc12. The summed E-state index contributed by atoms with van der Waals surface area (Å²) >= 11 is 0. The van der Waals surface area contributed by atoms with Crippen molar-refractivity contribution in [2.24, 2.45) is 5.92 Å². The molecule has 0 saturated heterocycles. The third-order valence-electron chi connectivity index (χ3n) is 4.86. The van der Waals surface area contributed by atoms with Crippen LogP contribution in [0, 0.1) is 5.92 Å². The number of rotatable bonds is 6. The molecule has 3 N–H and O–H groups in total. The maximum Gasteiger partial charge on any atom is 0.416 e. The summed E-state index contributed by atoms with van der Waals surface area (Å²) in [6, 6.07) is 3.30. The number of hydrogen-bond acceptors (Lipinski definition) is 6. The van der Waals surface area contributed by atoms with E-state index in [1.165, 1.54) is 6.07 Å². The molecular weight excluding hydrogens is 473 g/mol. The minimum absolute atomic E-state index is 0.0285. The highest BCUT2D eigenvalue weighted by Gasteiger charge is 2.33.